The molecule has 26 heavy (non-hydrogen) atoms. The lowest BCUT2D eigenvalue weighted by Crippen LogP contribution is -2.49. The van der Waals surface area contributed by atoms with Crippen molar-refractivity contribution in [3.8, 4) is 0 Å². The molecule has 2 aliphatic heterocycles. The van der Waals surface area contributed by atoms with Crippen molar-refractivity contribution in [2.24, 2.45) is 17.3 Å². The second-order valence-corrected chi connectivity index (χ2v) is 9.89. The second-order valence-electron chi connectivity index (χ2n) is 7.91. The molecule has 0 aromatic heterocycles. The minimum atomic E-state index is -3.41. The highest BCUT2D eigenvalue weighted by molar-refractivity contribution is 7.88. The van der Waals surface area contributed by atoms with Crippen molar-refractivity contribution in [2.45, 2.75) is 52.4 Å². The van der Waals surface area contributed by atoms with Crippen molar-refractivity contribution in [3.63, 3.8) is 0 Å². The molecule has 2 heterocycles. The molecule has 0 bridgehead atoms. The Morgan fingerprint density at radius 3 is 2.12 bits per heavy atom. The molecule has 2 fully saturated rings. The molecular formula is C18H32N2O5S. The van der Waals surface area contributed by atoms with Gasteiger partial charge < -0.3 is 10.0 Å². The van der Waals surface area contributed by atoms with E-state index in [0.717, 1.165) is 31.9 Å². The van der Waals surface area contributed by atoms with Crippen LogP contribution in [0, 0.1) is 17.3 Å². The Bertz CT molecular complexity index is 619. The van der Waals surface area contributed by atoms with E-state index < -0.39 is 27.3 Å². The van der Waals surface area contributed by atoms with Crippen LogP contribution in [-0.4, -0.2) is 67.0 Å². The van der Waals surface area contributed by atoms with Crippen molar-refractivity contribution in [2.75, 3.05) is 32.4 Å². The molecule has 0 aromatic carbocycles. The van der Waals surface area contributed by atoms with Crippen molar-refractivity contribution in [3.05, 3.63) is 0 Å². The van der Waals surface area contributed by atoms with Gasteiger partial charge >= 0.3 is 5.97 Å². The fraction of sp³-hybridized carbons (Fsp3) is 0.889. The highest BCUT2D eigenvalue weighted by atomic mass is 32.2. The molecular weight excluding hydrogens is 356 g/mol. The predicted molar refractivity (Wildman–Crippen MR) is 99.1 cm³/mol. The van der Waals surface area contributed by atoms with Gasteiger partial charge in [-0.3, -0.25) is 9.59 Å². The van der Waals surface area contributed by atoms with E-state index in [0.29, 0.717) is 25.9 Å². The van der Waals surface area contributed by atoms with Crippen LogP contribution in [0.25, 0.3) is 0 Å². The van der Waals surface area contributed by atoms with Crippen LogP contribution in [0.3, 0.4) is 0 Å². The monoisotopic (exact) mass is 388 g/mol. The summed E-state index contributed by atoms with van der Waals surface area (Å²) in [5, 5.41) is 9.62. The molecule has 1 atom stereocenters. The van der Waals surface area contributed by atoms with Gasteiger partial charge in [-0.2, -0.15) is 0 Å². The highest BCUT2D eigenvalue weighted by Gasteiger charge is 2.53. The Morgan fingerprint density at radius 1 is 1.15 bits per heavy atom. The third-order valence-electron chi connectivity index (χ3n) is 6.08. The quantitative estimate of drug-likeness (QED) is 0.717. The first-order valence-corrected chi connectivity index (χ1v) is 11.5. The number of rotatable bonds is 7. The predicted octanol–water partition coefficient (Wildman–Crippen LogP) is 1.79. The summed E-state index contributed by atoms with van der Waals surface area (Å²) in [6.45, 7) is 5.48. The fourth-order valence-electron chi connectivity index (χ4n) is 4.54. The number of nitrogens with zero attached hydrogens (tertiary/aromatic N) is 2. The van der Waals surface area contributed by atoms with Gasteiger partial charge in [0.05, 0.1) is 12.2 Å². The zero-order valence-electron chi connectivity index (χ0n) is 16.1. The van der Waals surface area contributed by atoms with Crippen molar-refractivity contribution < 1.29 is 23.1 Å². The number of carboxylic acids is 1. The maximum atomic E-state index is 12.8. The van der Waals surface area contributed by atoms with E-state index in [1.54, 1.807) is 0 Å². The largest absolute Gasteiger partial charge is 0.481 e. The Hall–Kier alpha value is -1.15. The van der Waals surface area contributed by atoms with Gasteiger partial charge in [-0.1, -0.05) is 26.7 Å². The summed E-state index contributed by atoms with van der Waals surface area (Å²) in [4.78, 5) is 26.4. The van der Waals surface area contributed by atoms with E-state index >= 15 is 0 Å². The van der Waals surface area contributed by atoms with Gasteiger partial charge in [-0.15, -0.1) is 0 Å². The van der Waals surface area contributed by atoms with Crippen LogP contribution in [-0.2, 0) is 19.6 Å². The number of carbonyl (C=O) groups is 2. The Morgan fingerprint density at radius 2 is 1.69 bits per heavy atom. The van der Waals surface area contributed by atoms with Crippen LogP contribution in [0.1, 0.15) is 52.4 Å². The maximum absolute atomic E-state index is 12.8. The molecule has 150 valence electrons. The number of carbonyl (C=O) groups excluding carboxylic acids is 1. The first-order chi connectivity index (χ1) is 12.1. The Balaban J connectivity index is 2.09. The highest BCUT2D eigenvalue weighted by Crippen LogP contribution is 2.45. The van der Waals surface area contributed by atoms with E-state index in [1.807, 2.05) is 4.90 Å². The lowest BCUT2D eigenvalue weighted by atomic mass is 9.70. The number of carboxylic acid groups (broad SMARTS) is 1. The average molecular weight is 389 g/mol. The SMILES string of the molecule is CCCC(CCC)C(=O)N1CCC2(CC1)CN(S(C)(=O)=O)CC2C(=O)O. The van der Waals surface area contributed by atoms with Crippen molar-refractivity contribution in [1.82, 2.24) is 9.21 Å². The molecule has 1 N–H and O–H groups in total. The van der Waals surface area contributed by atoms with E-state index in [-0.39, 0.29) is 24.9 Å². The Kier molecular flexibility index (Phi) is 6.71. The van der Waals surface area contributed by atoms with Gasteiger partial charge in [0, 0.05) is 37.5 Å². The lowest BCUT2D eigenvalue weighted by molar-refractivity contribution is -0.147. The summed E-state index contributed by atoms with van der Waals surface area (Å²) in [6, 6.07) is 0. The van der Waals surface area contributed by atoms with Crippen LogP contribution in [0.2, 0.25) is 0 Å². The molecule has 0 saturated carbocycles. The van der Waals surface area contributed by atoms with E-state index in [1.165, 1.54) is 4.31 Å². The molecule has 7 nitrogen and oxygen atoms in total. The lowest BCUT2D eigenvalue weighted by Gasteiger charge is -2.42. The third kappa shape index (κ3) is 4.39. The molecule has 0 aliphatic carbocycles. The first-order valence-electron chi connectivity index (χ1n) is 9.61. The van der Waals surface area contributed by atoms with Crippen LogP contribution in [0.4, 0.5) is 0 Å². The molecule has 1 amide bonds. The van der Waals surface area contributed by atoms with Crippen LogP contribution >= 0.6 is 0 Å². The Labute approximate surface area is 156 Å². The molecule has 0 aromatic rings. The minimum Gasteiger partial charge on any atom is -0.481 e. The zero-order chi connectivity index (χ0) is 19.5. The van der Waals surface area contributed by atoms with E-state index in [2.05, 4.69) is 13.8 Å². The summed E-state index contributed by atoms with van der Waals surface area (Å²) in [6.07, 6.45) is 5.93. The van der Waals surface area contributed by atoms with Crippen LogP contribution < -0.4 is 0 Å². The number of amides is 1. The van der Waals surface area contributed by atoms with E-state index in [9.17, 15) is 23.1 Å². The van der Waals surface area contributed by atoms with E-state index in [4.69, 9.17) is 0 Å². The molecule has 1 spiro atoms. The minimum absolute atomic E-state index is 0.0381. The van der Waals surface area contributed by atoms with Crippen LogP contribution in [0.15, 0.2) is 0 Å². The van der Waals surface area contributed by atoms with Gasteiger partial charge in [0.2, 0.25) is 15.9 Å². The topological polar surface area (TPSA) is 95.0 Å². The summed E-state index contributed by atoms with van der Waals surface area (Å²) in [5.74, 6) is -1.42. The summed E-state index contributed by atoms with van der Waals surface area (Å²) < 4.78 is 25.1. The van der Waals surface area contributed by atoms with Gasteiger partial charge in [0.15, 0.2) is 0 Å². The van der Waals surface area contributed by atoms with Gasteiger partial charge in [-0.05, 0) is 25.7 Å². The molecule has 2 saturated heterocycles. The first kappa shape index (κ1) is 21.2. The standard InChI is InChI=1S/C18H32N2O5S/c1-4-6-14(7-5-2)16(21)19-10-8-18(9-11-19)13-20(26(3,24)25)12-15(18)17(22)23/h14-15H,4-13H2,1-3H3,(H,22,23). The smallest absolute Gasteiger partial charge is 0.308 e. The molecule has 2 rings (SSSR count). The van der Waals surface area contributed by atoms with Gasteiger partial charge in [0.1, 0.15) is 0 Å². The number of piperidine rings is 1. The average Bonchev–Trinajstić information content (AvgIpc) is 2.94. The number of hydrogen-bond acceptors (Lipinski definition) is 4. The van der Waals surface area contributed by atoms with Crippen molar-refractivity contribution >= 4 is 21.9 Å². The van der Waals surface area contributed by atoms with Gasteiger partial charge in [-0.25, -0.2) is 12.7 Å². The third-order valence-corrected chi connectivity index (χ3v) is 7.29. The molecule has 0 radical (unpaired) electrons. The molecule has 1 unspecified atom stereocenters. The number of likely N-dealkylation sites (tertiary alicyclic amines) is 1. The summed E-state index contributed by atoms with van der Waals surface area (Å²) >= 11 is 0. The zero-order valence-corrected chi connectivity index (χ0v) is 16.9. The normalized spacial score (nSPS) is 23.7. The fourth-order valence-corrected chi connectivity index (χ4v) is 5.45. The molecule has 2 aliphatic rings. The number of hydrogen-bond donors (Lipinski definition) is 1. The van der Waals surface area contributed by atoms with Crippen molar-refractivity contribution in [1.29, 1.82) is 0 Å². The summed E-state index contributed by atoms with van der Waals surface area (Å²) in [7, 11) is -3.41. The number of sulfonamides is 1. The second kappa shape index (κ2) is 8.25. The molecule has 8 heteroatoms. The number of aliphatic carboxylic acids is 1. The maximum Gasteiger partial charge on any atom is 0.308 e. The van der Waals surface area contributed by atoms with Gasteiger partial charge in [0.25, 0.3) is 0 Å². The summed E-state index contributed by atoms with van der Waals surface area (Å²) in [5.41, 5.74) is -0.559. The van der Waals surface area contributed by atoms with Crippen LogP contribution in [0.5, 0.6) is 0 Å².